The summed E-state index contributed by atoms with van der Waals surface area (Å²) in [5.74, 6) is -0.0986. The van der Waals surface area contributed by atoms with Crippen molar-refractivity contribution in [3.05, 3.63) is 36.0 Å². The van der Waals surface area contributed by atoms with Crippen LogP contribution in [0.4, 0.5) is 0 Å². The van der Waals surface area contributed by atoms with E-state index in [4.69, 9.17) is 5.21 Å². The van der Waals surface area contributed by atoms with Crippen molar-refractivity contribution in [3.63, 3.8) is 0 Å². The zero-order chi connectivity index (χ0) is 20.6. The Hall–Kier alpha value is -2.87. The third-order valence-corrected chi connectivity index (χ3v) is 5.57. The van der Waals surface area contributed by atoms with E-state index < -0.39 is 0 Å². The Bertz CT molecular complexity index is 855. The molecule has 156 valence electrons. The van der Waals surface area contributed by atoms with Gasteiger partial charge in [0, 0.05) is 36.6 Å². The number of likely N-dealkylation sites (tertiary alicyclic amines) is 1. The molecule has 4 N–H and O–H groups in total. The number of carbonyl (C=O) groups is 3. The van der Waals surface area contributed by atoms with Crippen LogP contribution in [0.5, 0.6) is 0 Å². The molecule has 0 aliphatic carbocycles. The van der Waals surface area contributed by atoms with Gasteiger partial charge in [0.1, 0.15) is 0 Å². The molecule has 1 fully saturated rings. The van der Waals surface area contributed by atoms with Crippen molar-refractivity contribution in [1.29, 1.82) is 0 Å². The number of nitrogens with one attached hydrogen (secondary N) is 3. The first-order chi connectivity index (χ1) is 14.1. The van der Waals surface area contributed by atoms with Gasteiger partial charge in [-0.05, 0) is 43.2 Å². The standard InChI is InChI=1S/C21H28N4O4/c26-19(24-29)7-3-4-15-8-10-25(11-9-15)21(28)14-23-20(27)12-16-13-22-18-6-2-1-5-17(16)18/h1-2,5-6,13,15,22,29H,3-4,7-12,14H2,(H,23,27)(H,24,26). The minimum atomic E-state index is -0.360. The number of aromatic amines is 1. The lowest BCUT2D eigenvalue weighted by atomic mass is 9.91. The van der Waals surface area contributed by atoms with Gasteiger partial charge in [0.25, 0.3) is 0 Å². The van der Waals surface area contributed by atoms with Crippen molar-refractivity contribution in [2.75, 3.05) is 19.6 Å². The van der Waals surface area contributed by atoms with Crippen LogP contribution in [0.1, 0.15) is 37.7 Å². The summed E-state index contributed by atoms with van der Waals surface area (Å²) in [5, 5.41) is 12.3. The molecule has 1 aliphatic heterocycles. The summed E-state index contributed by atoms with van der Waals surface area (Å²) in [4.78, 5) is 40.6. The lowest BCUT2D eigenvalue weighted by Crippen LogP contribution is -2.44. The minimum absolute atomic E-state index is 0.0164. The third-order valence-electron chi connectivity index (χ3n) is 5.57. The molecule has 29 heavy (non-hydrogen) atoms. The maximum Gasteiger partial charge on any atom is 0.243 e. The fourth-order valence-electron chi connectivity index (χ4n) is 3.88. The van der Waals surface area contributed by atoms with E-state index in [1.165, 1.54) is 0 Å². The Morgan fingerprint density at radius 2 is 1.90 bits per heavy atom. The Labute approximate surface area is 169 Å². The van der Waals surface area contributed by atoms with Crippen molar-refractivity contribution >= 4 is 28.6 Å². The van der Waals surface area contributed by atoms with Gasteiger partial charge in [-0.15, -0.1) is 0 Å². The highest BCUT2D eigenvalue weighted by Crippen LogP contribution is 2.22. The molecular formula is C21H28N4O4. The number of aromatic nitrogens is 1. The molecule has 1 aliphatic rings. The number of hydrogen-bond acceptors (Lipinski definition) is 4. The number of hydroxylamine groups is 1. The molecule has 2 heterocycles. The first-order valence-corrected chi connectivity index (χ1v) is 10.1. The zero-order valence-electron chi connectivity index (χ0n) is 16.4. The van der Waals surface area contributed by atoms with Crippen molar-refractivity contribution in [2.45, 2.75) is 38.5 Å². The van der Waals surface area contributed by atoms with Gasteiger partial charge in [-0.25, -0.2) is 5.48 Å². The predicted molar refractivity (Wildman–Crippen MR) is 108 cm³/mol. The van der Waals surface area contributed by atoms with Crippen molar-refractivity contribution < 1.29 is 19.6 Å². The molecule has 3 rings (SSSR count). The minimum Gasteiger partial charge on any atom is -0.361 e. The molecule has 0 bridgehead atoms. The Balaban J connectivity index is 1.36. The Morgan fingerprint density at radius 1 is 1.14 bits per heavy atom. The number of nitrogens with zero attached hydrogens (tertiary/aromatic N) is 1. The zero-order valence-corrected chi connectivity index (χ0v) is 16.4. The van der Waals surface area contributed by atoms with E-state index in [1.54, 1.807) is 10.4 Å². The average Bonchev–Trinajstić information content (AvgIpc) is 3.15. The van der Waals surface area contributed by atoms with Gasteiger partial charge in [0.05, 0.1) is 13.0 Å². The molecule has 8 heteroatoms. The van der Waals surface area contributed by atoms with Crippen LogP contribution in [0, 0.1) is 5.92 Å². The second-order valence-electron chi connectivity index (χ2n) is 7.56. The van der Waals surface area contributed by atoms with Gasteiger partial charge >= 0.3 is 0 Å². The number of piperidine rings is 1. The van der Waals surface area contributed by atoms with Crippen molar-refractivity contribution in [2.24, 2.45) is 5.92 Å². The number of benzene rings is 1. The summed E-state index contributed by atoms with van der Waals surface area (Å²) < 4.78 is 0. The fraction of sp³-hybridized carbons (Fsp3) is 0.476. The van der Waals surface area contributed by atoms with Crippen molar-refractivity contribution in [3.8, 4) is 0 Å². The molecular weight excluding hydrogens is 372 g/mol. The SMILES string of the molecule is O=C(CCCC1CCN(C(=O)CNC(=O)Cc2c[nH]c3ccccc23)CC1)NO. The summed E-state index contributed by atoms with van der Waals surface area (Å²) in [6, 6.07) is 7.81. The summed E-state index contributed by atoms with van der Waals surface area (Å²) in [5.41, 5.74) is 3.55. The average molecular weight is 400 g/mol. The van der Waals surface area contributed by atoms with Gasteiger partial charge in [0.15, 0.2) is 0 Å². The largest absolute Gasteiger partial charge is 0.361 e. The lowest BCUT2D eigenvalue weighted by Gasteiger charge is -2.32. The van der Waals surface area contributed by atoms with Crippen LogP contribution in [0.3, 0.4) is 0 Å². The quantitative estimate of drug-likeness (QED) is 0.399. The number of amides is 3. The monoisotopic (exact) mass is 400 g/mol. The molecule has 1 aromatic heterocycles. The second-order valence-corrected chi connectivity index (χ2v) is 7.56. The number of para-hydroxylation sites is 1. The highest BCUT2D eigenvalue weighted by atomic mass is 16.5. The van der Waals surface area contributed by atoms with Crippen LogP contribution in [-0.4, -0.2) is 52.4 Å². The topological polar surface area (TPSA) is 115 Å². The Morgan fingerprint density at radius 3 is 2.66 bits per heavy atom. The molecule has 0 spiro atoms. The fourth-order valence-corrected chi connectivity index (χ4v) is 3.88. The molecule has 0 unspecified atom stereocenters. The van der Waals surface area contributed by atoms with E-state index in [1.807, 2.05) is 30.5 Å². The molecule has 8 nitrogen and oxygen atoms in total. The molecule has 1 saturated heterocycles. The maximum atomic E-state index is 12.4. The summed E-state index contributed by atoms with van der Waals surface area (Å²) in [7, 11) is 0. The normalized spacial score (nSPS) is 14.7. The molecule has 0 atom stereocenters. The predicted octanol–water partition coefficient (Wildman–Crippen LogP) is 1.74. The highest BCUT2D eigenvalue weighted by molar-refractivity contribution is 5.90. The third kappa shape index (κ3) is 5.80. The van der Waals surface area contributed by atoms with E-state index in [-0.39, 0.29) is 30.7 Å². The van der Waals surface area contributed by atoms with E-state index in [9.17, 15) is 14.4 Å². The first-order valence-electron chi connectivity index (χ1n) is 10.1. The van der Waals surface area contributed by atoms with Crippen LogP contribution >= 0.6 is 0 Å². The smallest absolute Gasteiger partial charge is 0.243 e. The van der Waals surface area contributed by atoms with Crippen molar-refractivity contribution in [1.82, 2.24) is 20.7 Å². The number of hydrogen-bond donors (Lipinski definition) is 4. The van der Waals surface area contributed by atoms with E-state index >= 15 is 0 Å². The van der Waals surface area contributed by atoms with Gasteiger partial charge in [-0.1, -0.05) is 18.2 Å². The summed E-state index contributed by atoms with van der Waals surface area (Å²) in [6.45, 7) is 1.37. The van der Waals surface area contributed by atoms with Gasteiger partial charge < -0.3 is 15.2 Å². The molecule has 0 radical (unpaired) electrons. The lowest BCUT2D eigenvalue weighted by molar-refractivity contribution is -0.133. The molecule has 2 aromatic rings. The maximum absolute atomic E-state index is 12.4. The second kappa shape index (κ2) is 10.1. The first kappa shape index (κ1) is 20.9. The van der Waals surface area contributed by atoms with Gasteiger partial charge in [-0.3, -0.25) is 19.6 Å². The summed E-state index contributed by atoms with van der Waals surface area (Å²) >= 11 is 0. The van der Waals surface area contributed by atoms with Crippen LogP contribution in [0.15, 0.2) is 30.5 Å². The molecule has 3 amide bonds. The van der Waals surface area contributed by atoms with E-state index in [0.717, 1.165) is 42.1 Å². The molecule has 1 aromatic carbocycles. The van der Waals surface area contributed by atoms with Gasteiger partial charge in [0.2, 0.25) is 17.7 Å². The molecule has 0 saturated carbocycles. The van der Waals surface area contributed by atoms with Gasteiger partial charge in [-0.2, -0.15) is 0 Å². The number of fused-ring (bicyclic) bond motifs is 1. The van der Waals surface area contributed by atoms with Crippen LogP contribution in [-0.2, 0) is 20.8 Å². The van der Waals surface area contributed by atoms with Crippen LogP contribution < -0.4 is 10.8 Å². The highest BCUT2D eigenvalue weighted by Gasteiger charge is 2.23. The van der Waals surface area contributed by atoms with E-state index in [0.29, 0.717) is 25.4 Å². The number of carbonyl (C=O) groups excluding carboxylic acids is 3. The number of rotatable bonds is 8. The van der Waals surface area contributed by atoms with Crippen LogP contribution in [0.2, 0.25) is 0 Å². The van der Waals surface area contributed by atoms with E-state index in [2.05, 4.69) is 10.3 Å². The Kier molecular flexibility index (Phi) is 7.24. The summed E-state index contributed by atoms with van der Waals surface area (Å²) in [6.07, 6.45) is 5.83. The number of H-pyrrole nitrogens is 1. The van der Waals surface area contributed by atoms with Crippen LogP contribution in [0.25, 0.3) is 10.9 Å².